The number of para-hydroxylation sites is 4. The number of halogens is 1. The Hall–Kier alpha value is -6.96. The van der Waals surface area contributed by atoms with Gasteiger partial charge in [-0.1, -0.05) is 30.3 Å². The van der Waals surface area contributed by atoms with Crippen molar-refractivity contribution in [3.05, 3.63) is 156 Å². The molecule has 2 fully saturated rings. The zero-order valence-electron chi connectivity index (χ0n) is 34.2. The lowest BCUT2D eigenvalue weighted by Crippen LogP contribution is -2.29. The number of hydrogen-bond donors (Lipinski definition) is 4. The summed E-state index contributed by atoms with van der Waals surface area (Å²) in [6, 6.07) is 37.3. The van der Waals surface area contributed by atoms with Crippen molar-refractivity contribution >= 4 is 39.5 Å². The average molecular weight is 832 g/mol. The number of imidazole rings is 2. The van der Waals surface area contributed by atoms with E-state index in [4.69, 9.17) is 14.2 Å². The molecule has 0 spiro atoms. The summed E-state index contributed by atoms with van der Waals surface area (Å²) >= 11 is 0. The topological polar surface area (TPSA) is 160 Å². The number of aromatic amines is 2. The molecule has 4 aromatic heterocycles. The number of rotatable bonds is 10. The Labute approximate surface area is 357 Å². The third-order valence-corrected chi connectivity index (χ3v) is 11.5. The maximum Gasteiger partial charge on any atom is 0.228 e. The van der Waals surface area contributed by atoms with E-state index in [1.807, 2.05) is 91.9 Å². The average Bonchev–Trinajstić information content (AvgIpc) is 3.92. The minimum Gasteiger partial charge on any atom is -0.439 e. The molecule has 0 atom stereocenters. The Morgan fingerprint density at radius 2 is 1.32 bits per heavy atom. The highest BCUT2D eigenvalue weighted by atomic mass is 19.1. The first kappa shape index (κ1) is 40.4. The highest BCUT2D eigenvalue weighted by Crippen LogP contribution is 2.42. The maximum atomic E-state index is 15.4. The normalized spacial score (nSPS) is 18.4. The number of H-pyrrole nitrogens is 2. The van der Waals surface area contributed by atoms with Gasteiger partial charge in [0.2, 0.25) is 23.5 Å². The third-order valence-electron chi connectivity index (χ3n) is 11.5. The van der Waals surface area contributed by atoms with Crippen molar-refractivity contribution < 1.29 is 28.5 Å². The molecule has 62 heavy (non-hydrogen) atoms. The Kier molecular flexibility index (Phi) is 11.5. The fourth-order valence-corrected chi connectivity index (χ4v) is 7.98. The lowest BCUT2D eigenvalue weighted by molar-refractivity contribution is -0.0126. The van der Waals surface area contributed by atoms with E-state index in [9.17, 15) is 9.90 Å². The second kappa shape index (κ2) is 17.6. The van der Waals surface area contributed by atoms with Gasteiger partial charge in [0, 0.05) is 55.3 Å². The summed E-state index contributed by atoms with van der Waals surface area (Å²) in [5.74, 6) is 3.20. The highest BCUT2D eigenvalue weighted by molar-refractivity contribution is 6.08. The molecule has 5 heterocycles. The molecule has 0 amide bonds. The van der Waals surface area contributed by atoms with Crippen molar-refractivity contribution in [3.8, 4) is 23.3 Å². The minimum absolute atomic E-state index is 0.166. The Morgan fingerprint density at radius 1 is 0.726 bits per heavy atom. The standard InChI is InChI=1S/C26H25N3O3.C23H21FN4O2/c1-26(31)14-12-17(13-15-26)20-5-4-16-27-25(20)32-19-10-8-18(9-11-19)23(30)24-28-21-6-2-3-7-22(21)29-24;24-23(11-14-29-15-12-23)18-4-3-13-25-21(18)30-17-9-7-16(8-10-17)26-22-27-19-5-1-2-6-20(19)28-22/h2-11,16-17,31H,12-15H2,1H3,(H,28,29);1-10,13H,11-12,14-15H2,(H2,26,27,28). The second-order valence-corrected chi connectivity index (χ2v) is 16.0. The lowest BCUT2D eigenvalue weighted by atomic mass is 9.77. The van der Waals surface area contributed by atoms with Gasteiger partial charge in [0.1, 0.15) is 17.2 Å². The van der Waals surface area contributed by atoms with Crippen LogP contribution in [0.25, 0.3) is 22.1 Å². The molecule has 0 bridgehead atoms. The Morgan fingerprint density at radius 3 is 2.00 bits per heavy atom. The number of ether oxygens (including phenoxy) is 3. The molecule has 4 N–H and O–H groups in total. The second-order valence-electron chi connectivity index (χ2n) is 16.0. The van der Waals surface area contributed by atoms with Crippen molar-refractivity contribution in [1.82, 2.24) is 29.9 Å². The van der Waals surface area contributed by atoms with E-state index in [1.165, 1.54) is 0 Å². The number of anilines is 2. The van der Waals surface area contributed by atoms with Crippen molar-refractivity contribution in [1.29, 1.82) is 0 Å². The van der Waals surface area contributed by atoms with Crippen molar-refractivity contribution in [3.63, 3.8) is 0 Å². The number of aliphatic hydroxyl groups is 1. The third kappa shape index (κ3) is 9.19. The quantitative estimate of drug-likeness (QED) is 0.0977. The Balaban J connectivity index is 0.000000158. The number of aromatic nitrogens is 6. The smallest absolute Gasteiger partial charge is 0.228 e. The molecule has 314 valence electrons. The summed E-state index contributed by atoms with van der Waals surface area (Å²) in [6.45, 7) is 2.69. The molecular weight excluding hydrogens is 786 g/mol. The molecule has 8 aromatic rings. The van der Waals surface area contributed by atoms with Gasteiger partial charge in [0.25, 0.3) is 0 Å². The maximum absolute atomic E-state index is 15.4. The van der Waals surface area contributed by atoms with Crippen LogP contribution in [-0.2, 0) is 10.4 Å². The van der Waals surface area contributed by atoms with Gasteiger partial charge >= 0.3 is 0 Å². The molecule has 1 aliphatic heterocycles. The van der Waals surface area contributed by atoms with Crippen LogP contribution in [0.1, 0.15) is 78.7 Å². The number of nitrogens with one attached hydrogen (secondary N) is 3. The number of pyridine rings is 2. The van der Waals surface area contributed by atoms with Crippen LogP contribution in [0, 0.1) is 0 Å². The summed E-state index contributed by atoms with van der Waals surface area (Å²) in [6.07, 6.45) is 7.27. The monoisotopic (exact) mass is 831 g/mol. The van der Waals surface area contributed by atoms with Gasteiger partial charge in [-0.3, -0.25) is 4.79 Å². The van der Waals surface area contributed by atoms with Gasteiger partial charge in [0.15, 0.2) is 5.82 Å². The van der Waals surface area contributed by atoms with Crippen LogP contribution in [0.3, 0.4) is 0 Å². The first-order valence-electron chi connectivity index (χ1n) is 20.8. The van der Waals surface area contributed by atoms with Crippen molar-refractivity contribution in [2.45, 2.75) is 62.6 Å². The predicted molar refractivity (Wildman–Crippen MR) is 235 cm³/mol. The molecule has 13 heteroatoms. The summed E-state index contributed by atoms with van der Waals surface area (Å²) in [5, 5.41) is 13.5. The largest absolute Gasteiger partial charge is 0.439 e. The number of carbonyl (C=O) groups is 1. The number of fused-ring (bicyclic) bond motifs is 2. The van der Waals surface area contributed by atoms with E-state index in [1.54, 1.807) is 48.8 Å². The molecule has 10 rings (SSSR count). The molecule has 2 aliphatic rings. The van der Waals surface area contributed by atoms with Gasteiger partial charge < -0.3 is 34.6 Å². The molecule has 1 aliphatic carbocycles. The first-order chi connectivity index (χ1) is 30.2. The van der Waals surface area contributed by atoms with E-state index in [2.05, 4.69) is 35.2 Å². The molecule has 1 saturated heterocycles. The number of ketones is 1. The number of alkyl halides is 1. The number of carbonyl (C=O) groups excluding carboxylic acids is 1. The zero-order chi connectivity index (χ0) is 42.5. The van der Waals surface area contributed by atoms with Crippen LogP contribution in [0.4, 0.5) is 16.0 Å². The van der Waals surface area contributed by atoms with Gasteiger partial charge in [-0.25, -0.2) is 24.3 Å². The van der Waals surface area contributed by atoms with Crippen LogP contribution >= 0.6 is 0 Å². The fraction of sp³-hybridized carbons (Fsp3) is 0.245. The fourth-order valence-electron chi connectivity index (χ4n) is 7.98. The lowest BCUT2D eigenvalue weighted by Gasteiger charge is -2.33. The van der Waals surface area contributed by atoms with Crippen molar-refractivity contribution in [2.75, 3.05) is 18.5 Å². The van der Waals surface area contributed by atoms with Crippen LogP contribution in [0.2, 0.25) is 0 Å². The summed E-state index contributed by atoms with van der Waals surface area (Å²) in [7, 11) is 0. The van der Waals surface area contributed by atoms with Crippen LogP contribution < -0.4 is 14.8 Å². The minimum atomic E-state index is -1.48. The molecule has 1 saturated carbocycles. The highest BCUT2D eigenvalue weighted by Gasteiger charge is 2.37. The molecule has 4 aromatic carbocycles. The molecule has 0 unspecified atom stereocenters. The van der Waals surface area contributed by atoms with Crippen LogP contribution in [0.15, 0.2) is 134 Å². The van der Waals surface area contributed by atoms with Gasteiger partial charge in [-0.2, -0.15) is 0 Å². The number of benzene rings is 4. The Bertz CT molecular complexity index is 2720. The molecule has 12 nitrogen and oxygen atoms in total. The van der Waals surface area contributed by atoms with E-state index in [0.717, 1.165) is 59.0 Å². The number of hydrogen-bond acceptors (Lipinski definition) is 10. The van der Waals surface area contributed by atoms with E-state index in [0.29, 0.717) is 78.1 Å². The summed E-state index contributed by atoms with van der Waals surface area (Å²) in [4.78, 5) is 36.8. The van der Waals surface area contributed by atoms with E-state index < -0.39 is 11.3 Å². The molecule has 0 radical (unpaired) electrons. The van der Waals surface area contributed by atoms with E-state index >= 15 is 4.39 Å². The van der Waals surface area contributed by atoms with E-state index in [-0.39, 0.29) is 5.78 Å². The molecular formula is C49H46FN7O5. The SMILES string of the molecule is CC1(O)CCC(c2cccnc2Oc2ccc(C(=O)c3nc4ccccc4[nH]3)cc2)CC1.FC1(c2cccnc2Oc2ccc(Nc3nc4ccccc4[nH]3)cc2)CCOCC1. The first-order valence-corrected chi connectivity index (χ1v) is 20.8. The number of nitrogens with zero attached hydrogens (tertiary/aromatic N) is 4. The van der Waals surface area contributed by atoms with Gasteiger partial charge in [-0.05, 0) is 130 Å². The van der Waals surface area contributed by atoms with Crippen LogP contribution in [-0.4, -0.2) is 59.6 Å². The summed E-state index contributed by atoms with van der Waals surface area (Å²) < 4.78 is 32.8. The zero-order valence-corrected chi connectivity index (χ0v) is 34.2. The van der Waals surface area contributed by atoms with Crippen molar-refractivity contribution in [2.24, 2.45) is 0 Å². The van der Waals surface area contributed by atoms with Gasteiger partial charge in [0.05, 0.1) is 33.2 Å². The summed E-state index contributed by atoms with van der Waals surface area (Å²) in [5.41, 5.74) is 4.33. The predicted octanol–water partition coefficient (Wildman–Crippen LogP) is 10.9. The van der Waals surface area contributed by atoms with Crippen LogP contribution in [0.5, 0.6) is 23.3 Å². The van der Waals surface area contributed by atoms with Gasteiger partial charge in [-0.15, -0.1) is 0 Å².